The maximum Gasteiger partial charge on any atom is 0.406 e. The fourth-order valence-electron chi connectivity index (χ4n) is 3.16. The number of hydrogen-bond acceptors (Lipinski definition) is 5. The SMILES string of the molecule is CC(C(=O)N(CC(C)(C)C)CC(F)(F)F)N1C(=O)c2cccc([N+](=O)[O-])c2C1=O. The van der Waals surface area contributed by atoms with Gasteiger partial charge < -0.3 is 4.90 Å². The third-order valence-electron chi connectivity index (χ3n) is 4.21. The molecule has 0 bridgehead atoms. The molecule has 0 saturated heterocycles. The first-order valence-corrected chi connectivity index (χ1v) is 8.65. The van der Waals surface area contributed by atoms with E-state index in [-0.39, 0.29) is 12.1 Å². The third-order valence-corrected chi connectivity index (χ3v) is 4.21. The first kappa shape index (κ1) is 22.3. The molecular weight excluding hydrogens is 395 g/mol. The Hall–Kier alpha value is -2.98. The van der Waals surface area contributed by atoms with Crippen LogP contribution in [0, 0.1) is 15.5 Å². The summed E-state index contributed by atoms with van der Waals surface area (Å²) in [7, 11) is 0. The van der Waals surface area contributed by atoms with Crippen LogP contribution in [0.2, 0.25) is 0 Å². The van der Waals surface area contributed by atoms with Crippen LogP contribution >= 0.6 is 0 Å². The lowest BCUT2D eigenvalue weighted by molar-refractivity contribution is -0.385. The van der Waals surface area contributed by atoms with Crippen LogP contribution < -0.4 is 0 Å². The summed E-state index contributed by atoms with van der Waals surface area (Å²) in [5.74, 6) is -3.12. The van der Waals surface area contributed by atoms with Crippen molar-refractivity contribution in [1.29, 1.82) is 0 Å². The van der Waals surface area contributed by atoms with Gasteiger partial charge in [-0.1, -0.05) is 26.8 Å². The predicted molar refractivity (Wildman–Crippen MR) is 95.1 cm³/mol. The minimum atomic E-state index is -4.68. The Labute approximate surface area is 164 Å². The van der Waals surface area contributed by atoms with Crippen LogP contribution in [0.15, 0.2) is 18.2 Å². The van der Waals surface area contributed by atoms with Gasteiger partial charge in [0, 0.05) is 12.6 Å². The van der Waals surface area contributed by atoms with E-state index in [9.17, 15) is 37.7 Å². The number of nitro benzene ring substituents is 1. The van der Waals surface area contributed by atoms with Crippen LogP contribution in [0.5, 0.6) is 0 Å². The quantitative estimate of drug-likeness (QED) is 0.418. The van der Waals surface area contributed by atoms with Crippen molar-refractivity contribution < 1.29 is 32.5 Å². The van der Waals surface area contributed by atoms with Gasteiger partial charge in [-0.15, -0.1) is 0 Å². The fraction of sp³-hybridized carbons (Fsp3) is 0.500. The number of carbonyl (C=O) groups is 3. The number of halogens is 3. The number of amides is 3. The van der Waals surface area contributed by atoms with Crippen LogP contribution in [-0.4, -0.2) is 57.8 Å². The number of alkyl halides is 3. The van der Waals surface area contributed by atoms with E-state index in [0.29, 0.717) is 9.80 Å². The van der Waals surface area contributed by atoms with Crippen LogP contribution in [0.3, 0.4) is 0 Å². The van der Waals surface area contributed by atoms with Crippen LogP contribution in [-0.2, 0) is 4.79 Å². The number of carbonyl (C=O) groups excluding carboxylic acids is 3. The lowest BCUT2D eigenvalue weighted by atomic mass is 9.95. The molecule has 0 radical (unpaired) electrons. The van der Waals surface area contributed by atoms with Crippen molar-refractivity contribution >= 4 is 23.4 Å². The molecule has 1 atom stereocenters. The number of nitrogens with zero attached hydrogens (tertiary/aromatic N) is 3. The Morgan fingerprint density at radius 1 is 1.17 bits per heavy atom. The average molecular weight is 415 g/mol. The first-order valence-electron chi connectivity index (χ1n) is 8.65. The summed E-state index contributed by atoms with van der Waals surface area (Å²) in [6.45, 7) is 4.23. The molecule has 1 aliphatic rings. The molecule has 0 saturated carbocycles. The molecule has 1 unspecified atom stereocenters. The molecule has 29 heavy (non-hydrogen) atoms. The Morgan fingerprint density at radius 3 is 2.24 bits per heavy atom. The predicted octanol–water partition coefficient (Wildman–Crippen LogP) is 3.02. The molecule has 1 heterocycles. The number of benzene rings is 1. The second-order valence-corrected chi connectivity index (χ2v) is 7.98. The van der Waals surface area contributed by atoms with Crippen LogP contribution in [0.4, 0.5) is 18.9 Å². The van der Waals surface area contributed by atoms with Crippen molar-refractivity contribution in [2.45, 2.75) is 39.9 Å². The summed E-state index contributed by atoms with van der Waals surface area (Å²) >= 11 is 0. The highest BCUT2D eigenvalue weighted by molar-refractivity contribution is 6.24. The minimum absolute atomic E-state index is 0.262. The molecule has 2 rings (SSSR count). The molecule has 1 aromatic carbocycles. The molecule has 11 heteroatoms. The summed E-state index contributed by atoms with van der Waals surface area (Å²) in [6, 6.07) is 1.89. The number of fused-ring (bicyclic) bond motifs is 1. The highest BCUT2D eigenvalue weighted by atomic mass is 19.4. The number of hydrogen-bond donors (Lipinski definition) is 0. The monoisotopic (exact) mass is 415 g/mol. The van der Waals surface area contributed by atoms with Gasteiger partial charge in [-0.2, -0.15) is 13.2 Å². The summed E-state index contributed by atoms with van der Waals surface area (Å²) in [4.78, 5) is 49.4. The van der Waals surface area contributed by atoms with Gasteiger partial charge in [-0.05, 0) is 18.4 Å². The van der Waals surface area contributed by atoms with Crippen molar-refractivity contribution in [2.75, 3.05) is 13.1 Å². The Bertz CT molecular complexity index is 860. The molecule has 0 aromatic heterocycles. The van der Waals surface area contributed by atoms with Crippen LogP contribution in [0.25, 0.3) is 0 Å². The Balaban J connectivity index is 2.39. The van der Waals surface area contributed by atoms with Crippen molar-refractivity contribution in [3.05, 3.63) is 39.4 Å². The van der Waals surface area contributed by atoms with Gasteiger partial charge in [0.25, 0.3) is 17.5 Å². The molecule has 158 valence electrons. The van der Waals surface area contributed by atoms with E-state index in [1.165, 1.54) is 12.1 Å². The van der Waals surface area contributed by atoms with Gasteiger partial charge in [0.15, 0.2) is 0 Å². The zero-order chi connectivity index (χ0) is 22.3. The van der Waals surface area contributed by atoms with E-state index in [1.54, 1.807) is 20.8 Å². The molecule has 1 aromatic rings. The third kappa shape index (κ3) is 4.72. The minimum Gasteiger partial charge on any atom is -0.331 e. The summed E-state index contributed by atoms with van der Waals surface area (Å²) in [6.07, 6.45) is -4.68. The standard InChI is InChI=1S/C18H20F3N3O5/c1-10(14(25)22(8-17(2,3)4)9-18(19,20)21)23-15(26)11-6-5-7-12(24(28)29)13(11)16(23)27/h5-7,10H,8-9H2,1-4H3. The van der Waals surface area contributed by atoms with Gasteiger partial charge in [-0.3, -0.25) is 29.4 Å². The number of nitro groups is 1. The van der Waals surface area contributed by atoms with E-state index >= 15 is 0 Å². The summed E-state index contributed by atoms with van der Waals surface area (Å²) in [5.41, 5.74) is -2.02. The number of rotatable bonds is 5. The Morgan fingerprint density at radius 2 is 1.76 bits per heavy atom. The molecule has 0 spiro atoms. The molecule has 0 aliphatic carbocycles. The van der Waals surface area contributed by atoms with E-state index < -0.39 is 58.1 Å². The highest BCUT2D eigenvalue weighted by Crippen LogP contribution is 2.32. The van der Waals surface area contributed by atoms with Gasteiger partial charge in [-0.25, -0.2) is 0 Å². The smallest absolute Gasteiger partial charge is 0.331 e. The van der Waals surface area contributed by atoms with Crippen molar-refractivity contribution in [3.8, 4) is 0 Å². The molecule has 0 fully saturated rings. The second-order valence-electron chi connectivity index (χ2n) is 7.98. The Kier molecular flexibility index (Phi) is 5.73. The molecule has 8 nitrogen and oxygen atoms in total. The van der Waals surface area contributed by atoms with E-state index in [1.807, 2.05) is 0 Å². The molecule has 1 aliphatic heterocycles. The fourth-order valence-corrected chi connectivity index (χ4v) is 3.16. The van der Waals surface area contributed by atoms with Gasteiger partial charge in [0.1, 0.15) is 18.2 Å². The van der Waals surface area contributed by atoms with Gasteiger partial charge in [0.05, 0.1) is 10.5 Å². The summed E-state index contributed by atoms with van der Waals surface area (Å²) < 4.78 is 38.9. The summed E-state index contributed by atoms with van der Waals surface area (Å²) in [5, 5.41) is 11.2. The zero-order valence-electron chi connectivity index (χ0n) is 16.2. The largest absolute Gasteiger partial charge is 0.406 e. The van der Waals surface area contributed by atoms with Crippen molar-refractivity contribution in [3.63, 3.8) is 0 Å². The zero-order valence-corrected chi connectivity index (χ0v) is 16.2. The normalized spacial score (nSPS) is 15.3. The average Bonchev–Trinajstić information content (AvgIpc) is 2.81. The van der Waals surface area contributed by atoms with Gasteiger partial charge >= 0.3 is 6.18 Å². The van der Waals surface area contributed by atoms with E-state index in [4.69, 9.17) is 0 Å². The number of imide groups is 1. The molecule has 0 N–H and O–H groups in total. The first-order chi connectivity index (χ1) is 13.1. The second kappa shape index (κ2) is 7.45. The van der Waals surface area contributed by atoms with E-state index in [2.05, 4.69) is 0 Å². The lowest BCUT2D eigenvalue weighted by Crippen LogP contribution is -2.53. The van der Waals surface area contributed by atoms with Crippen LogP contribution in [0.1, 0.15) is 48.4 Å². The lowest BCUT2D eigenvalue weighted by Gasteiger charge is -2.34. The van der Waals surface area contributed by atoms with Crippen molar-refractivity contribution in [2.24, 2.45) is 5.41 Å². The van der Waals surface area contributed by atoms with E-state index in [0.717, 1.165) is 13.0 Å². The maximum absolute atomic E-state index is 13.0. The molecular formula is C18H20F3N3O5. The maximum atomic E-state index is 13.0. The van der Waals surface area contributed by atoms with Gasteiger partial charge in [0.2, 0.25) is 5.91 Å². The topological polar surface area (TPSA) is 101 Å². The van der Waals surface area contributed by atoms with Crippen molar-refractivity contribution in [1.82, 2.24) is 9.80 Å². The molecule has 3 amide bonds. The highest BCUT2D eigenvalue weighted by Gasteiger charge is 2.46.